The highest BCUT2D eigenvalue weighted by Gasteiger charge is 2.44. The largest absolute Gasteiger partial charge is 0.481 e. The van der Waals surface area contributed by atoms with Crippen molar-refractivity contribution in [2.75, 3.05) is 6.54 Å². The molecule has 0 radical (unpaired) electrons. The maximum absolute atomic E-state index is 11.8. The summed E-state index contributed by atoms with van der Waals surface area (Å²) in [5.41, 5.74) is 0.154. The van der Waals surface area contributed by atoms with E-state index in [4.69, 9.17) is 0 Å². The minimum absolute atomic E-state index is 0.00722. The number of carboxylic acids is 1. The van der Waals surface area contributed by atoms with E-state index in [1.165, 1.54) is 0 Å². The zero-order chi connectivity index (χ0) is 15.5. The van der Waals surface area contributed by atoms with Crippen LogP contribution in [0.3, 0.4) is 0 Å². The van der Waals surface area contributed by atoms with E-state index >= 15 is 0 Å². The Morgan fingerprint density at radius 2 is 2.19 bits per heavy atom. The molecule has 116 valence electrons. The Morgan fingerprint density at radius 1 is 1.48 bits per heavy atom. The predicted octanol–water partition coefficient (Wildman–Crippen LogP) is 1.37. The van der Waals surface area contributed by atoms with E-state index < -0.39 is 11.4 Å². The number of aryl methyl sites for hydroxylation is 1. The van der Waals surface area contributed by atoms with Gasteiger partial charge in [0.15, 0.2) is 0 Å². The SMILES string of the molecule is Cc1csc(=O)n1CCCC(=O)NCC1(C(=O)O)CCC1. The average Bonchev–Trinajstić information content (AvgIpc) is 2.68. The van der Waals surface area contributed by atoms with Gasteiger partial charge >= 0.3 is 10.8 Å². The quantitative estimate of drug-likeness (QED) is 0.796. The van der Waals surface area contributed by atoms with Crippen molar-refractivity contribution in [2.45, 2.75) is 45.6 Å². The first kappa shape index (κ1) is 15.8. The Morgan fingerprint density at radius 3 is 2.67 bits per heavy atom. The van der Waals surface area contributed by atoms with Crippen LogP contribution >= 0.6 is 11.3 Å². The Bertz CT molecular complexity index is 586. The number of amides is 1. The Kier molecular flexibility index (Phi) is 4.82. The van der Waals surface area contributed by atoms with Crippen molar-refractivity contribution in [1.82, 2.24) is 9.88 Å². The van der Waals surface area contributed by atoms with E-state index in [0.29, 0.717) is 32.2 Å². The van der Waals surface area contributed by atoms with Crippen molar-refractivity contribution in [1.29, 1.82) is 0 Å². The van der Waals surface area contributed by atoms with Crippen LogP contribution in [0.25, 0.3) is 0 Å². The number of nitrogens with zero attached hydrogens (tertiary/aromatic N) is 1. The molecule has 0 bridgehead atoms. The normalized spacial score (nSPS) is 16.2. The first-order valence-electron chi connectivity index (χ1n) is 7.10. The van der Waals surface area contributed by atoms with Crippen molar-refractivity contribution in [3.8, 4) is 0 Å². The molecule has 2 rings (SSSR count). The third-order valence-electron chi connectivity index (χ3n) is 4.15. The van der Waals surface area contributed by atoms with Gasteiger partial charge in [0.2, 0.25) is 5.91 Å². The highest BCUT2D eigenvalue weighted by Crippen LogP contribution is 2.40. The number of rotatable bonds is 7. The lowest BCUT2D eigenvalue weighted by atomic mass is 9.69. The predicted molar refractivity (Wildman–Crippen MR) is 79.5 cm³/mol. The molecule has 1 aliphatic rings. The number of aromatic nitrogens is 1. The molecular weight excluding hydrogens is 292 g/mol. The van der Waals surface area contributed by atoms with Gasteiger partial charge in [0.05, 0.1) is 5.41 Å². The highest BCUT2D eigenvalue weighted by molar-refractivity contribution is 7.07. The topological polar surface area (TPSA) is 88.4 Å². The zero-order valence-corrected chi connectivity index (χ0v) is 12.9. The number of hydrogen-bond donors (Lipinski definition) is 2. The van der Waals surface area contributed by atoms with Gasteiger partial charge in [0, 0.05) is 30.6 Å². The minimum atomic E-state index is -0.825. The molecule has 0 saturated heterocycles. The van der Waals surface area contributed by atoms with Gasteiger partial charge in [-0.1, -0.05) is 17.8 Å². The zero-order valence-electron chi connectivity index (χ0n) is 12.1. The summed E-state index contributed by atoms with van der Waals surface area (Å²) in [6, 6.07) is 0. The molecule has 0 unspecified atom stereocenters. The Balaban J connectivity index is 1.73. The molecular formula is C14H20N2O4S. The van der Waals surface area contributed by atoms with Gasteiger partial charge in [0.25, 0.3) is 0 Å². The maximum atomic E-state index is 11.8. The summed E-state index contributed by atoms with van der Waals surface area (Å²) >= 11 is 1.16. The molecule has 0 atom stereocenters. The van der Waals surface area contributed by atoms with Crippen molar-refractivity contribution in [2.24, 2.45) is 5.41 Å². The van der Waals surface area contributed by atoms with Gasteiger partial charge in [-0.25, -0.2) is 0 Å². The molecule has 1 aromatic rings. The molecule has 1 heterocycles. The first-order chi connectivity index (χ1) is 9.94. The fourth-order valence-corrected chi connectivity index (χ4v) is 3.26. The molecule has 7 heteroatoms. The lowest BCUT2D eigenvalue weighted by Gasteiger charge is -2.37. The summed E-state index contributed by atoms with van der Waals surface area (Å²) in [5, 5.41) is 13.7. The smallest absolute Gasteiger partial charge is 0.311 e. The first-order valence-corrected chi connectivity index (χ1v) is 7.98. The summed E-state index contributed by atoms with van der Waals surface area (Å²) in [4.78, 5) is 34.4. The second-order valence-electron chi connectivity index (χ2n) is 5.61. The summed E-state index contributed by atoms with van der Waals surface area (Å²) in [5.74, 6) is -0.974. The van der Waals surface area contributed by atoms with Gasteiger partial charge in [-0.2, -0.15) is 0 Å². The van der Waals surface area contributed by atoms with Crippen LogP contribution in [0.5, 0.6) is 0 Å². The third-order valence-corrected chi connectivity index (χ3v) is 5.03. The maximum Gasteiger partial charge on any atom is 0.311 e. The van der Waals surface area contributed by atoms with E-state index in [-0.39, 0.29) is 17.3 Å². The monoisotopic (exact) mass is 312 g/mol. The molecule has 0 aliphatic heterocycles. The summed E-state index contributed by atoms with van der Waals surface area (Å²) in [6.45, 7) is 2.59. The van der Waals surface area contributed by atoms with Crippen LogP contribution < -0.4 is 10.2 Å². The van der Waals surface area contributed by atoms with Crippen LogP contribution in [0.1, 0.15) is 37.8 Å². The van der Waals surface area contributed by atoms with E-state index in [0.717, 1.165) is 23.5 Å². The number of nitrogens with one attached hydrogen (secondary N) is 1. The minimum Gasteiger partial charge on any atom is -0.481 e. The van der Waals surface area contributed by atoms with E-state index in [1.807, 2.05) is 6.92 Å². The summed E-state index contributed by atoms with van der Waals surface area (Å²) < 4.78 is 1.66. The molecule has 1 fully saturated rings. The third kappa shape index (κ3) is 3.53. The second-order valence-corrected chi connectivity index (χ2v) is 6.43. The van der Waals surface area contributed by atoms with Crippen LogP contribution in [-0.4, -0.2) is 28.1 Å². The van der Waals surface area contributed by atoms with Crippen LogP contribution in [-0.2, 0) is 16.1 Å². The van der Waals surface area contributed by atoms with Crippen LogP contribution in [0.2, 0.25) is 0 Å². The van der Waals surface area contributed by atoms with Crippen LogP contribution in [0.4, 0.5) is 0 Å². The van der Waals surface area contributed by atoms with Crippen molar-refractivity contribution in [3.05, 3.63) is 20.7 Å². The Labute approximate surface area is 126 Å². The van der Waals surface area contributed by atoms with Gasteiger partial charge in [-0.3, -0.25) is 14.4 Å². The van der Waals surface area contributed by atoms with E-state index in [2.05, 4.69) is 5.32 Å². The van der Waals surface area contributed by atoms with E-state index in [1.54, 1.807) is 9.95 Å². The molecule has 1 amide bonds. The molecule has 1 aromatic heterocycles. The average molecular weight is 312 g/mol. The highest BCUT2D eigenvalue weighted by atomic mass is 32.1. The number of carbonyl (C=O) groups excluding carboxylic acids is 1. The molecule has 1 saturated carbocycles. The number of thiazole rings is 1. The number of aliphatic carboxylic acids is 1. The van der Waals surface area contributed by atoms with Gasteiger partial charge in [-0.15, -0.1) is 0 Å². The fraction of sp³-hybridized carbons (Fsp3) is 0.643. The standard InChI is InChI=1S/C14H20N2O4S/c1-10-8-21-13(20)16(10)7-2-4-11(17)15-9-14(12(18)19)5-3-6-14/h8H,2-7,9H2,1H3,(H,15,17)(H,18,19). The second kappa shape index (κ2) is 6.43. The molecule has 2 N–H and O–H groups in total. The molecule has 0 spiro atoms. The fourth-order valence-electron chi connectivity index (χ4n) is 2.50. The van der Waals surface area contributed by atoms with Crippen molar-refractivity contribution < 1.29 is 14.7 Å². The molecule has 1 aliphatic carbocycles. The molecule has 0 aromatic carbocycles. The number of hydrogen-bond acceptors (Lipinski definition) is 4. The van der Waals surface area contributed by atoms with Crippen LogP contribution in [0.15, 0.2) is 10.2 Å². The Hall–Kier alpha value is -1.63. The lowest BCUT2D eigenvalue weighted by molar-refractivity contribution is -0.154. The molecule has 6 nitrogen and oxygen atoms in total. The molecule has 21 heavy (non-hydrogen) atoms. The number of carbonyl (C=O) groups is 2. The number of carboxylic acid groups (broad SMARTS) is 1. The van der Waals surface area contributed by atoms with Gasteiger partial charge < -0.3 is 15.0 Å². The van der Waals surface area contributed by atoms with Gasteiger partial charge in [-0.05, 0) is 26.2 Å². The van der Waals surface area contributed by atoms with E-state index in [9.17, 15) is 19.5 Å². The lowest BCUT2D eigenvalue weighted by Crippen LogP contribution is -2.47. The van der Waals surface area contributed by atoms with Crippen LogP contribution in [0, 0.1) is 12.3 Å². The summed E-state index contributed by atoms with van der Waals surface area (Å²) in [7, 11) is 0. The van der Waals surface area contributed by atoms with Crippen molar-refractivity contribution >= 4 is 23.2 Å². The van der Waals surface area contributed by atoms with Crippen molar-refractivity contribution in [3.63, 3.8) is 0 Å². The summed E-state index contributed by atoms with van der Waals surface area (Å²) in [6.07, 6.45) is 3.04. The van der Waals surface area contributed by atoms with Gasteiger partial charge in [0.1, 0.15) is 0 Å².